The molecule has 2 N–H and O–H groups in total. The zero-order valence-corrected chi connectivity index (χ0v) is 8.30. The minimum Gasteiger partial charge on any atom is -0.334 e. The maximum absolute atomic E-state index is 11.2. The Balaban J connectivity index is 2.00. The van der Waals surface area contributed by atoms with Crippen LogP contribution in [0.4, 0.5) is 0 Å². The summed E-state index contributed by atoms with van der Waals surface area (Å²) in [7, 11) is 0. The summed E-state index contributed by atoms with van der Waals surface area (Å²) in [5.74, 6) is 0.0767. The second-order valence-electron chi connectivity index (χ2n) is 3.35. The SMILES string of the molecule is Cc1ccsc1CN1CC(N)C1=O. The number of carbonyl (C=O) groups excluding carboxylic acids is 1. The Kier molecular flexibility index (Phi) is 2.09. The highest BCUT2D eigenvalue weighted by atomic mass is 32.1. The van der Waals surface area contributed by atoms with Crippen molar-refractivity contribution in [3.8, 4) is 0 Å². The van der Waals surface area contributed by atoms with E-state index in [1.54, 1.807) is 16.2 Å². The van der Waals surface area contributed by atoms with E-state index in [2.05, 4.69) is 18.4 Å². The van der Waals surface area contributed by atoms with Gasteiger partial charge in [0.25, 0.3) is 0 Å². The zero-order chi connectivity index (χ0) is 9.42. The minimum absolute atomic E-state index is 0.0767. The molecule has 0 radical (unpaired) electrons. The lowest BCUT2D eigenvalue weighted by atomic mass is 10.1. The van der Waals surface area contributed by atoms with E-state index in [4.69, 9.17) is 5.73 Å². The predicted octanol–water partition coefficient (Wildman–Crippen LogP) is 0.726. The molecule has 3 nitrogen and oxygen atoms in total. The maximum Gasteiger partial charge on any atom is 0.241 e. The molecular formula is C9H12N2OS. The lowest BCUT2D eigenvalue weighted by Gasteiger charge is -2.35. The first-order valence-electron chi connectivity index (χ1n) is 4.26. The lowest BCUT2D eigenvalue weighted by Crippen LogP contribution is -2.60. The van der Waals surface area contributed by atoms with Gasteiger partial charge in [0.15, 0.2) is 0 Å². The van der Waals surface area contributed by atoms with Crippen LogP contribution in [0.1, 0.15) is 10.4 Å². The highest BCUT2D eigenvalue weighted by Crippen LogP contribution is 2.20. The van der Waals surface area contributed by atoms with Crippen LogP contribution in [0.5, 0.6) is 0 Å². The number of likely N-dealkylation sites (tertiary alicyclic amines) is 1. The molecule has 1 aliphatic heterocycles. The van der Waals surface area contributed by atoms with Crippen LogP contribution in [-0.4, -0.2) is 23.4 Å². The Labute approximate surface area is 81.2 Å². The number of rotatable bonds is 2. The van der Waals surface area contributed by atoms with E-state index in [1.807, 2.05) is 0 Å². The smallest absolute Gasteiger partial charge is 0.241 e. The normalized spacial score (nSPS) is 21.8. The quantitative estimate of drug-likeness (QED) is 0.709. The molecule has 13 heavy (non-hydrogen) atoms. The van der Waals surface area contributed by atoms with E-state index in [0.717, 1.165) is 6.54 Å². The molecule has 2 rings (SSSR count). The van der Waals surface area contributed by atoms with Crippen molar-refractivity contribution in [2.75, 3.05) is 6.54 Å². The van der Waals surface area contributed by atoms with Crippen LogP contribution in [0.2, 0.25) is 0 Å². The molecule has 0 aromatic carbocycles. The molecule has 0 bridgehead atoms. The topological polar surface area (TPSA) is 46.3 Å². The van der Waals surface area contributed by atoms with E-state index < -0.39 is 0 Å². The predicted molar refractivity (Wildman–Crippen MR) is 52.4 cm³/mol. The monoisotopic (exact) mass is 196 g/mol. The first-order chi connectivity index (χ1) is 6.18. The summed E-state index contributed by atoms with van der Waals surface area (Å²) >= 11 is 1.70. The third-order valence-electron chi connectivity index (χ3n) is 2.35. The standard InChI is InChI=1S/C9H12N2OS/c1-6-2-3-13-8(6)5-11-4-7(10)9(11)12/h2-3,7H,4-5,10H2,1H3. The highest BCUT2D eigenvalue weighted by molar-refractivity contribution is 7.10. The van der Waals surface area contributed by atoms with Gasteiger partial charge in [-0.2, -0.15) is 0 Å². The van der Waals surface area contributed by atoms with E-state index >= 15 is 0 Å². The number of amides is 1. The summed E-state index contributed by atoms with van der Waals surface area (Å²) in [5.41, 5.74) is 6.75. The molecule has 4 heteroatoms. The highest BCUT2D eigenvalue weighted by Gasteiger charge is 2.33. The van der Waals surface area contributed by atoms with Gasteiger partial charge in [-0.25, -0.2) is 0 Å². The van der Waals surface area contributed by atoms with Gasteiger partial charge in [0.2, 0.25) is 5.91 Å². The third kappa shape index (κ3) is 1.47. The van der Waals surface area contributed by atoms with Gasteiger partial charge < -0.3 is 10.6 Å². The number of thiophene rings is 1. The molecule has 1 amide bonds. The van der Waals surface area contributed by atoms with Crippen LogP contribution in [0, 0.1) is 6.92 Å². The van der Waals surface area contributed by atoms with Crippen molar-refractivity contribution in [2.45, 2.75) is 19.5 Å². The number of aryl methyl sites for hydroxylation is 1. The molecule has 70 valence electrons. The number of carbonyl (C=O) groups is 1. The van der Waals surface area contributed by atoms with Gasteiger partial charge in [-0.3, -0.25) is 4.79 Å². The number of nitrogens with zero attached hydrogens (tertiary/aromatic N) is 1. The molecule has 1 aliphatic rings. The average Bonchev–Trinajstić information content (AvgIpc) is 2.51. The fourth-order valence-corrected chi connectivity index (χ4v) is 2.33. The summed E-state index contributed by atoms with van der Waals surface area (Å²) in [4.78, 5) is 14.3. The van der Waals surface area contributed by atoms with Crippen molar-refractivity contribution in [1.82, 2.24) is 4.90 Å². The van der Waals surface area contributed by atoms with E-state index in [-0.39, 0.29) is 11.9 Å². The van der Waals surface area contributed by atoms with Crippen LogP contribution >= 0.6 is 11.3 Å². The van der Waals surface area contributed by atoms with Gasteiger partial charge in [0.05, 0.1) is 6.54 Å². The summed E-state index contributed by atoms with van der Waals surface area (Å²) in [6.07, 6.45) is 0. The first kappa shape index (κ1) is 8.72. The van der Waals surface area contributed by atoms with Crippen molar-refractivity contribution >= 4 is 17.2 Å². The Hall–Kier alpha value is -0.870. The molecule has 1 saturated heterocycles. The van der Waals surface area contributed by atoms with Gasteiger partial charge in [0.1, 0.15) is 6.04 Å². The van der Waals surface area contributed by atoms with E-state index in [9.17, 15) is 4.79 Å². The molecule has 0 aliphatic carbocycles. The molecule has 0 saturated carbocycles. The van der Waals surface area contributed by atoms with E-state index in [0.29, 0.717) is 6.54 Å². The van der Waals surface area contributed by atoms with Crippen molar-refractivity contribution in [1.29, 1.82) is 0 Å². The lowest BCUT2D eigenvalue weighted by molar-refractivity contribution is -0.143. The summed E-state index contributed by atoms with van der Waals surface area (Å²) in [6.45, 7) is 3.50. The van der Waals surface area contributed by atoms with Crippen molar-refractivity contribution < 1.29 is 4.79 Å². The van der Waals surface area contributed by atoms with Crippen molar-refractivity contribution in [3.05, 3.63) is 21.9 Å². The third-order valence-corrected chi connectivity index (χ3v) is 3.36. The molecule has 1 aromatic heterocycles. The Morgan fingerprint density at radius 1 is 1.77 bits per heavy atom. The molecule has 1 unspecified atom stereocenters. The Morgan fingerprint density at radius 2 is 2.54 bits per heavy atom. The van der Waals surface area contributed by atoms with Gasteiger partial charge in [-0.05, 0) is 23.9 Å². The largest absolute Gasteiger partial charge is 0.334 e. The van der Waals surface area contributed by atoms with Crippen LogP contribution in [0.25, 0.3) is 0 Å². The Bertz CT molecular complexity index is 334. The van der Waals surface area contributed by atoms with Crippen LogP contribution in [0.3, 0.4) is 0 Å². The van der Waals surface area contributed by atoms with Crippen molar-refractivity contribution in [2.24, 2.45) is 5.73 Å². The number of nitrogens with two attached hydrogens (primary N) is 1. The molecule has 1 fully saturated rings. The van der Waals surface area contributed by atoms with Crippen LogP contribution in [0.15, 0.2) is 11.4 Å². The molecule has 1 aromatic rings. The van der Waals surface area contributed by atoms with Gasteiger partial charge in [-0.1, -0.05) is 0 Å². The Morgan fingerprint density at radius 3 is 3.00 bits per heavy atom. The molecule has 0 spiro atoms. The van der Waals surface area contributed by atoms with Gasteiger partial charge in [-0.15, -0.1) is 11.3 Å². The van der Waals surface area contributed by atoms with Crippen molar-refractivity contribution in [3.63, 3.8) is 0 Å². The minimum atomic E-state index is -0.250. The average molecular weight is 196 g/mol. The van der Waals surface area contributed by atoms with Gasteiger partial charge in [0, 0.05) is 11.4 Å². The second kappa shape index (κ2) is 3.12. The van der Waals surface area contributed by atoms with Crippen LogP contribution < -0.4 is 5.73 Å². The fourth-order valence-electron chi connectivity index (χ4n) is 1.41. The van der Waals surface area contributed by atoms with Crippen LogP contribution in [-0.2, 0) is 11.3 Å². The zero-order valence-electron chi connectivity index (χ0n) is 7.49. The number of hydrogen-bond acceptors (Lipinski definition) is 3. The summed E-state index contributed by atoms with van der Waals surface area (Å²) < 4.78 is 0. The molecule has 1 atom stereocenters. The van der Waals surface area contributed by atoms with Gasteiger partial charge >= 0.3 is 0 Å². The van der Waals surface area contributed by atoms with E-state index in [1.165, 1.54) is 10.4 Å². The first-order valence-corrected chi connectivity index (χ1v) is 5.14. The maximum atomic E-state index is 11.2. The molecular weight excluding hydrogens is 184 g/mol. The second-order valence-corrected chi connectivity index (χ2v) is 4.35. The molecule has 2 heterocycles. The fraction of sp³-hybridized carbons (Fsp3) is 0.444. The number of β-lactam (4-membered cyclic amide) rings is 1. The summed E-state index contributed by atoms with van der Waals surface area (Å²) in [6, 6.07) is 1.82. The number of hydrogen-bond donors (Lipinski definition) is 1. The summed E-state index contributed by atoms with van der Waals surface area (Å²) in [5, 5.41) is 2.05.